The van der Waals surface area contributed by atoms with Gasteiger partial charge in [-0.25, -0.2) is 4.90 Å². The maximum atomic E-state index is 12.8. The number of anilines is 1. The van der Waals surface area contributed by atoms with Crippen LogP contribution in [-0.2, 0) is 14.3 Å². The van der Waals surface area contributed by atoms with Crippen LogP contribution in [0, 0.1) is 17.8 Å². The Morgan fingerprint density at radius 3 is 2.24 bits per heavy atom. The van der Waals surface area contributed by atoms with E-state index in [2.05, 4.69) is 5.32 Å². The van der Waals surface area contributed by atoms with Gasteiger partial charge in [0.05, 0.1) is 37.5 Å². The second kappa shape index (κ2) is 7.40. The highest BCUT2D eigenvalue weighted by atomic mass is 16.5. The van der Waals surface area contributed by atoms with Gasteiger partial charge in [0.15, 0.2) is 0 Å². The van der Waals surface area contributed by atoms with Gasteiger partial charge in [-0.3, -0.25) is 9.59 Å². The third-order valence-electron chi connectivity index (χ3n) is 7.36. The van der Waals surface area contributed by atoms with Crippen molar-refractivity contribution in [2.75, 3.05) is 25.2 Å². The number of methoxy groups -OCH3 is 1. The van der Waals surface area contributed by atoms with Crippen LogP contribution in [0.5, 0.6) is 5.75 Å². The first-order valence-electron chi connectivity index (χ1n) is 10.9. The minimum Gasteiger partial charge on any atom is -0.497 e. The number of hydrogen-bond donors (Lipinski definition) is 1. The van der Waals surface area contributed by atoms with Gasteiger partial charge in [-0.2, -0.15) is 0 Å². The Morgan fingerprint density at radius 1 is 1.03 bits per heavy atom. The molecule has 1 heterocycles. The monoisotopic (exact) mass is 398 g/mol. The molecule has 1 atom stereocenters. The quantitative estimate of drug-likeness (QED) is 0.565. The Kier molecular flexibility index (Phi) is 4.87. The van der Waals surface area contributed by atoms with E-state index in [9.17, 15) is 9.59 Å². The van der Waals surface area contributed by atoms with Crippen molar-refractivity contribution < 1.29 is 19.1 Å². The molecule has 6 rings (SSSR count). The molecule has 156 valence electrons. The summed E-state index contributed by atoms with van der Waals surface area (Å²) < 4.78 is 11.6. The van der Waals surface area contributed by atoms with E-state index < -0.39 is 6.04 Å². The number of rotatable bonds is 7. The molecule has 0 unspecified atom stereocenters. The van der Waals surface area contributed by atoms with Gasteiger partial charge in [-0.15, -0.1) is 0 Å². The number of ether oxygens (including phenoxy) is 2. The van der Waals surface area contributed by atoms with E-state index in [-0.39, 0.29) is 23.8 Å². The molecule has 5 aliphatic rings. The molecule has 1 saturated heterocycles. The van der Waals surface area contributed by atoms with Crippen LogP contribution in [0.2, 0.25) is 0 Å². The van der Waals surface area contributed by atoms with Crippen LogP contribution in [-0.4, -0.2) is 43.7 Å². The van der Waals surface area contributed by atoms with Crippen molar-refractivity contribution in [2.45, 2.75) is 56.6 Å². The molecule has 1 aromatic carbocycles. The molecule has 2 amide bonds. The Bertz CT molecular complexity index is 755. The van der Waals surface area contributed by atoms with Crippen molar-refractivity contribution in [1.82, 2.24) is 5.32 Å². The molecule has 0 spiro atoms. The Morgan fingerprint density at radius 2 is 1.66 bits per heavy atom. The van der Waals surface area contributed by atoms with Crippen molar-refractivity contribution in [3.8, 4) is 5.75 Å². The van der Waals surface area contributed by atoms with Crippen LogP contribution in [0.15, 0.2) is 24.3 Å². The van der Waals surface area contributed by atoms with E-state index >= 15 is 0 Å². The van der Waals surface area contributed by atoms with Gasteiger partial charge >= 0.3 is 0 Å². The van der Waals surface area contributed by atoms with E-state index in [1.165, 1.54) is 43.4 Å². The standard InChI is InChI=1S/C23H30N2O4/c1-28-19-4-2-18(3-5-19)25-21(26)11-20(22(25)27)24-6-7-29-23-12-15-8-16(13-23)10-17(9-15)14-23/h2-5,15-17,20,24H,6-14H2,1H3/t15?,16?,17?,20-,23?/m1/s1. The minimum absolute atomic E-state index is 0.0844. The zero-order valence-corrected chi connectivity index (χ0v) is 17.1. The maximum Gasteiger partial charge on any atom is 0.251 e. The lowest BCUT2D eigenvalue weighted by atomic mass is 9.54. The zero-order chi connectivity index (χ0) is 20.0. The SMILES string of the molecule is COc1ccc(N2C(=O)C[C@@H](NCCOC34CC5CC(CC(C5)C3)C4)C2=O)cc1. The smallest absolute Gasteiger partial charge is 0.251 e. The first-order chi connectivity index (χ1) is 14.0. The third kappa shape index (κ3) is 3.57. The summed E-state index contributed by atoms with van der Waals surface area (Å²) in [6.45, 7) is 1.20. The molecule has 1 aromatic rings. The normalized spacial score (nSPS) is 35.6. The van der Waals surface area contributed by atoms with E-state index in [4.69, 9.17) is 9.47 Å². The number of imide groups is 1. The molecule has 6 heteroatoms. The Hall–Kier alpha value is -1.92. The molecular formula is C23H30N2O4. The van der Waals surface area contributed by atoms with Gasteiger partial charge < -0.3 is 14.8 Å². The number of nitrogens with zero attached hydrogens (tertiary/aromatic N) is 1. The van der Waals surface area contributed by atoms with Gasteiger partial charge in [-0.05, 0) is 80.5 Å². The highest BCUT2D eigenvalue weighted by Gasteiger charge is 2.51. The molecule has 0 aromatic heterocycles. The first kappa shape index (κ1) is 19.1. The molecule has 4 bridgehead atoms. The van der Waals surface area contributed by atoms with Gasteiger partial charge in [0.2, 0.25) is 5.91 Å². The summed E-state index contributed by atoms with van der Waals surface area (Å²) in [6, 6.07) is 6.54. The molecule has 0 radical (unpaired) electrons. The molecule has 1 N–H and O–H groups in total. The lowest BCUT2D eigenvalue weighted by Crippen LogP contribution is -2.52. The van der Waals surface area contributed by atoms with E-state index in [0.717, 1.165) is 17.8 Å². The van der Waals surface area contributed by atoms with Crippen LogP contribution in [0.4, 0.5) is 5.69 Å². The van der Waals surface area contributed by atoms with Crippen LogP contribution in [0.25, 0.3) is 0 Å². The van der Waals surface area contributed by atoms with Gasteiger partial charge in [-0.1, -0.05) is 0 Å². The lowest BCUT2D eigenvalue weighted by molar-refractivity contribution is -0.161. The van der Waals surface area contributed by atoms with Crippen molar-refractivity contribution >= 4 is 17.5 Å². The number of nitrogens with one attached hydrogen (secondary N) is 1. The molecule has 5 fully saturated rings. The largest absolute Gasteiger partial charge is 0.497 e. The number of benzene rings is 1. The van der Waals surface area contributed by atoms with Gasteiger partial charge in [0, 0.05) is 6.54 Å². The van der Waals surface area contributed by atoms with Crippen LogP contribution < -0.4 is 15.0 Å². The van der Waals surface area contributed by atoms with Crippen LogP contribution >= 0.6 is 0 Å². The molecule has 4 saturated carbocycles. The summed E-state index contributed by atoms with van der Waals surface area (Å²) in [6.07, 6.45) is 8.05. The lowest BCUT2D eigenvalue weighted by Gasteiger charge is -2.56. The maximum absolute atomic E-state index is 12.8. The first-order valence-corrected chi connectivity index (χ1v) is 10.9. The van der Waals surface area contributed by atoms with Crippen molar-refractivity contribution in [3.05, 3.63) is 24.3 Å². The summed E-state index contributed by atoms with van der Waals surface area (Å²) in [5.74, 6) is 2.93. The molecule has 1 aliphatic heterocycles. The summed E-state index contributed by atoms with van der Waals surface area (Å²) in [7, 11) is 1.59. The number of carbonyl (C=O) groups is 2. The van der Waals surface area contributed by atoms with Crippen molar-refractivity contribution in [1.29, 1.82) is 0 Å². The molecule has 4 aliphatic carbocycles. The summed E-state index contributed by atoms with van der Waals surface area (Å²) in [5, 5.41) is 3.25. The molecule has 6 nitrogen and oxygen atoms in total. The highest BCUT2D eigenvalue weighted by Crippen LogP contribution is 2.57. The van der Waals surface area contributed by atoms with E-state index in [1.54, 1.807) is 31.4 Å². The average molecular weight is 399 g/mol. The number of amides is 2. The Balaban J connectivity index is 1.14. The minimum atomic E-state index is -0.468. The van der Waals surface area contributed by atoms with E-state index in [0.29, 0.717) is 24.6 Å². The fourth-order valence-corrected chi connectivity index (χ4v) is 6.50. The summed E-state index contributed by atoms with van der Waals surface area (Å²) in [4.78, 5) is 26.4. The zero-order valence-electron chi connectivity index (χ0n) is 17.1. The van der Waals surface area contributed by atoms with E-state index in [1.807, 2.05) is 0 Å². The second-order valence-electron chi connectivity index (χ2n) is 9.43. The van der Waals surface area contributed by atoms with Crippen LogP contribution in [0.3, 0.4) is 0 Å². The van der Waals surface area contributed by atoms with Gasteiger partial charge in [0.25, 0.3) is 5.91 Å². The third-order valence-corrected chi connectivity index (χ3v) is 7.36. The number of carbonyl (C=O) groups excluding carboxylic acids is 2. The fourth-order valence-electron chi connectivity index (χ4n) is 6.50. The average Bonchev–Trinajstić information content (AvgIpc) is 2.98. The second-order valence-corrected chi connectivity index (χ2v) is 9.43. The predicted molar refractivity (Wildman–Crippen MR) is 109 cm³/mol. The fraction of sp³-hybridized carbons (Fsp3) is 0.652. The Labute approximate surface area is 171 Å². The summed E-state index contributed by atoms with van der Waals surface area (Å²) >= 11 is 0. The topological polar surface area (TPSA) is 67.9 Å². The summed E-state index contributed by atoms with van der Waals surface area (Å²) in [5.41, 5.74) is 0.677. The predicted octanol–water partition coefficient (Wildman–Crippen LogP) is 2.90. The van der Waals surface area contributed by atoms with Crippen molar-refractivity contribution in [3.63, 3.8) is 0 Å². The van der Waals surface area contributed by atoms with Gasteiger partial charge in [0.1, 0.15) is 5.75 Å². The number of hydrogen-bond acceptors (Lipinski definition) is 5. The van der Waals surface area contributed by atoms with Crippen molar-refractivity contribution in [2.24, 2.45) is 17.8 Å². The van der Waals surface area contributed by atoms with Crippen LogP contribution in [0.1, 0.15) is 44.9 Å². The molecule has 29 heavy (non-hydrogen) atoms. The highest BCUT2D eigenvalue weighted by molar-refractivity contribution is 6.22. The molecular weight excluding hydrogens is 368 g/mol.